The molecule has 0 saturated heterocycles. The molecule has 2 saturated carbocycles. The van der Waals surface area contributed by atoms with Crippen LogP contribution < -0.4 is 15.9 Å². The maximum Gasteiger partial charge on any atom is 0.431 e. The molecule has 7 heteroatoms. The summed E-state index contributed by atoms with van der Waals surface area (Å²) >= 11 is 0. The van der Waals surface area contributed by atoms with E-state index in [-0.39, 0.29) is 5.92 Å². The molecule has 0 aromatic carbocycles. The average molecular weight is 415 g/mol. The molecule has 0 spiro atoms. The molecule has 170 valence electrons. The number of carboxylic acids is 1. The predicted molar refractivity (Wildman–Crippen MR) is 110 cm³/mol. The Morgan fingerprint density at radius 3 is 1.72 bits per heavy atom. The van der Waals surface area contributed by atoms with E-state index in [9.17, 15) is 14.7 Å². The van der Waals surface area contributed by atoms with E-state index >= 15 is 0 Å². The molecule has 0 aromatic rings. The molecule has 1 amide bonds. The molecule has 7 nitrogen and oxygen atoms in total. The van der Waals surface area contributed by atoms with Crippen molar-refractivity contribution in [3.63, 3.8) is 0 Å². The zero-order valence-corrected chi connectivity index (χ0v) is 19.0. The molecule has 0 aliphatic heterocycles. The Hall–Kier alpha value is -1.34. The SMILES string of the molecule is C1CCC([NH2+]C2CCCCC2)CC1.CC(C)C(ONC(=O)OC(C)(C)C)C(=O)[O-]. The second kappa shape index (κ2) is 13.1. The number of aliphatic carboxylic acids is 1. The zero-order valence-electron chi connectivity index (χ0n) is 19.0. The number of amides is 1. The van der Waals surface area contributed by atoms with Crippen LogP contribution in [-0.2, 0) is 14.4 Å². The van der Waals surface area contributed by atoms with E-state index in [1.165, 1.54) is 64.2 Å². The third kappa shape index (κ3) is 12.1. The van der Waals surface area contributed by atoms with Crippen molar-refractivity contribution in [2.45, 2.75) is 123 Å². The third-order valence-corrected chi connectivity index (χ3v) is 5.35. The smallest absolute Gasteiger partial charge is 0.431 e. The minimum absolute atomic E-state index is 0.320. The Bertz CT molecular complexity index is 462. The van der Waals surface area contributed by atoms with Crippen molar-refractivity contribution in [2.75, 3.05) is 0 Å². The van der Waals surface area contributed by atoms with Gasteiger partial charge in [-0.15, -0.1) is 0 Å². The van der Waals surface area contributed by atoms with Gasteiger partial charge in [0.05, 0.1) is 18.1 Å². The van der Waals surface area contributed by atoms with E-state index in [1.807, 2.05) is 5.48 Å². The normalized spacial score (nSPS) is 19.8. The van der Waals surface area contributed by atoms with Crippen LogP contribution in [0.5, 0.6) is 0 Å². The maximum absolute atomic E-state index is 11.1. The van der Waals surface area contributed by atoms with Crippen LogP contribution in [0.4, 0.5) is 4.79 Å². The Morgan fingerprint density at radius 2 is 1.38 bits per heavy atom. The van der Waals surface area contributed by atoms with E-state index in [2.05, 4.69) is 10.2 Å². The molecular weight excluding hydrogens is 372 g/mol. The molecule has 29 heavy (non-hydrogen) atoms. The number of quaternary nitrogens is 1. The Labute approximate surface area is 176 Å². The number of hydrogen-bond donors (Lipinski definition) is 2. The summed E-state index contributed by atoms with van der Waals surface area (Å²) in [6.45, 7) is 8.33. The van der Waals surface area contributed by atoms with Gasteiger partial charge in [-0.3, -0.25) is 4.84 Å². The minimum Gasteiger partial charge on any atom is -0.547 e. The molecule has 2 fully saturated rings. The molecule has 2 aliphatic carbocycles. The monoisotopic (exact) mass is 414 g/mol. The molecule has 3 N–H and O–H groups in total. The summed E-state index contributed by atoms with van der Waals surface area (Å²) in [6.07, 6.45) is 12.9. The second-order valence-corrected chi connectivity index (χ2v) is 9.69. The van der Waals surface area contributed by atoms with Crippen LogP contribution >= 0.6 is 0 Å². The summed E-state index contributed by atoms with van der Waals surface area (Å²) in [6, 6.07) is 1.99. The first-order valence-electron chi connectivity index (χ1n) is 11.3. The van der Waals surface area contributed by atoms with Crippen molar-refractivity contribution >= 4 is 12.1 Å². The summed E-state index contributed by atoms with van der Waals surface area (Å²) in [4.78, 5) is 26.4. The summed E-state index contributed by atoms with van der Waals surface area (Å²) in [5.74, 6) is -1.70. The van der Waals surface area contributed by atoms with Gasteiger partial charge in [0.15, 0.2) is 0 Å². The molecule has 2 rings (SSSR count). The largest absolute Gasteiger partial charge is 0.547 e. The minimum atomic E-state index is -1.38. The molecule has 1 atom stereocenters. The van der Waals surface area contributed by atoms with E-state index < -0.39 is 23.8 Å². The molecule has 0 radical (unpaired) electrons. The van der Waals surface area contributed by atoms with Crippen LogP contribution in [0, 0.1) is 5.92 Å². The summed E-state index contributed by atoms with van der Waals surface area (Å²) in [5, 5.41) is 13.3. The molecule has 0 aromatic heterocycles. The highest BCUT2D eigenvalue weighted by atomic mass is 16.7. The van der Waals surface area contributed by atoms with Gasteiger partial charge in [-0.1, -0.05) is 26.7 Å². The van der Waals surface area contributed by atoms with Gasteiger partial charge < -0.3 is 20.0 Å². The number of ether oxygens (including phenoxy) is 1. The first kappa shape index (κ1) is 25.7. The van der Waals surface area contributed by atoms with E-state index in [0.717, 1.165) is 12.1 Å². The lowest BCUT2D eigenvalue weighted by Gasteiger charge is -2.27. The number of hydroxylamine groups is 1. The number of carbonyl (C=O) groups excluding carboxylic acids is 2. The van der Waals surface area contributed by atoms with Crippen molar-refractivity contribution in [1.82, 2.24) is 5.48 Å². The van der Waals surface area contributed by atoms with Gasteiger partial charge in [-0.05, 0) is 78.1 Å². The quantitative estimate of drug-likeness (QED) is 0.650. The number of carbonyl (C=O) groups is 2. The highest BCUT2D eigenvalue weighted by Crippen LogP contribution is 2.18. The molecule has 1 unspecified atom stereocenters. The summed E-state index contributed by atoms with van der Waals surface area (Å²) in [7, 11) is 0. The van der Waals surface area contributed by atoms with Crippen molar-refractivity contribution in [3.05, 3.63) is 0 Å². The number of rotatable bonds is 6. The van der Waals surface area contributed by atoms with E-state index in [0.29, 0.717) is 0 Å². The van der Waals surface area contributed by atoms with Gasteiger partial charge in [-0.25, -0.2) is 4.79 Å². The fraction of sp³-hybridized carbons (Fsp3) is 0.909. The Balaban J connectivity index is 0.000000294. The van der Waals surface area contributed by atoms with E-state index in [4.69, 9.17) is 4.74 Å². The molecule has 2 aliphatic rings. The first-order valence-corrected chi connectivity index (χ1v) is 11.3. The van der Waals surface area contributed by atoms with Crippen molar-refractivity contribution in [2.24, 2.45) is 5.92 Å². The van der Waals surface area contributed by atoms with Gasteiger partial charge in [0.2, 0.25) is 0 Å². The standard InChI is InChI=1S/C12H23N.C10H19NO5/c1-3-7-11(8-4-1)13-12-9-5-2-6-10-12;1-6(2)7(8(12)13)16-11-9(14)15-10(3,4)5/h11-13H,1-10H2;6-7H,1-5H3,(H,11,14)(H,12,13). The van der Waals surface area contributed by atoms with Crippen molar-refractivity contribution in [3.8, 4) is 0 Å². The maximum atomic E-state index is 11.1. The van der Waals surface area contributed by atoms with Crippen LogP contribution in [0.1, 0.15) is 98.8 Å². The van der Waals surface area contributed by atoms with Gasteiger partial charge >= 0.3 is 6.09 Å². The zero-order chi connectivity index (χ0) is 21.9. The third-order valence-electron chi connectivity index (χ3n) is 5.35. The lowest BCUT2D eigenvalue weighted by atomic mass is 9.91. The highest BCUT2D eigenvalue weighted by molar-refractivity contribution is 5.71. The van der Waals surface area contributed by atoms with Gasteiger partial charge in [-0.2, -0.15) is 5.48 Å². The number of hydrogen-bond acceptors (Lipinski definition) is 5. The van der Waals surface area contributed by atoms with E-state index in [1.54, 1.807) is 34.6 Å². The molecule has 0 heterocycles. The van der Waals surface area contributed by atoms with Crippen LogP contribution in [-0.4, -0.2) is 35.9 Å². The lowest BCUT2D eigenvalue weighted by Crippen LogP contribution is -2.95. The Morgan fingerprint density at radius 1 is 0.931 bits per heavy atom. The first-order chi connectivity index (χ1) is 13.6. The summed E-state index contributed by atoms with van der Waals surface area (Å²) < 4.78 is 4.86. The fourth-order valence-electron chi connectivity index (χ4n) is 3.91. The lowest BCUT2D eigenvalue weighted by molar-refractivity contribution is -0.725. The highest BCUT2D eigenvalue weighted by Gasteiger charge is 2.23. The van der Waals surface area contributed by atoms with Crippen LogP contribution in [0.15, 0.2) is 0 Å². The second-order valence-electron chi connectivity index (χ2n) is 9.69. The average Bonchev–Trinajstić information content (AvgIpc) is 2.62. The van der Waals surface area contributed by atoms with Crippen LogP contribution in [0.25, 0.3) is 0 Å². The number of nitrogens with one attached hydrogen (secondary N) is 1. The fourth-order valence-corrected chi connectivity index (χ4v) is 3.91. The number of carboxylic acid groups (broad SMARTS) is 1. The van der Waals surface area contributed by atoms with Crippen molar-refractivity contribution < 1.29 is 29.6 Å². The molecule has 0 bridgehead atoms. The van der Waals surface area contributed by atoms with Gasteiger partial charge in [0.1, 0.15) is 11.7 Å². The van der Waals surface area contributed by atoms with Crippen LogP contribution in [0.3, 0.4) is 0 Å². The number of nitrogens with two attached hydrogens (primary N) is 1. The van der Waals surface area contributed by atoms with Gasteiger partial charge in [0, 0.05) is 0 Å². The van der Waals surface area contributed by atoms with Crippen LogP contribution in [0.2, 0.25) is 0 Å². The van der Waals surface area contributed by atoms with Crippen molar-refractivity contribution in [1.29, 1.82) is 0 Å². The predicted octanol–water partition coefficient (Wildman–Crippen LogP) is 2.43. The Kier molecular flexibility index (Phi) is 11.6. The van der Waals surface area contributed by atoms with Gasteiger partial charge in [0.25, 0.3) is 0 Å². The molecular formula is C22H42N2O5. The topological polar surface area (TPSA) is 104 Å². The summed E-state index contributed by atoms with van der Waals surface area (Å²) in [5.41, 5.74) is 1.26.